The summed E-state index contributed by atoms with van der Waals surface area (Å²) >= 11 is 0. The van der Waals surface area contributed by atoms with Crippen LogP contribution in [0.25, 0.3) is 0 Å². The first-order valence-electron chi connectivity index (χ1n) is 4.81. The quantitative estimate of drug-likeness (QED) is 0.735. The molecule has 0 saturated heterocycles. The molecular formula is C10H17NO2. The Kier molecular flexibility index (Phi) is 4.23. The lowest BCUT2D eigenvalue weighted by Crippen LogP contribution is -1.97. The first-order valence-corrected chi connectivity index (χ1v) is 4.81. The minimum Gasteiger partial charge on any atom is -0.479 e. The Morgan fingerprint density at radius 2 is 1.46 bits per heavy atom. The minimum absolute atomic E-state index is 0.744. The summed E-state index contributed by atoms with van der Waals surface area (Å²) in [5, 5.41) is 0. The number of aromatic nitrogens is 1. The Balaban J connectivity index is 2.34. The zero-order chi connectivity index (χ0) is 9.52. The Bertz CT molecular complexity index is 210. The van der Waals surface area contributed by atoms with Gasteiger partial charge in [0.25, 0.3) is 0 Å². The van der Waals surface area contributed by atoms with Gasteiger partial charge in [-0.05, 0) is 12.8 Å². The van der Waals surface area contributed by atoms with Gasteiger partial charge in [-0.2, -0.15) is 0 Å². The van der Waals surface area contributed by atoms with E-state index in [1.807, 2.05) is 12.1 Å². The highest BCUT2D eigenvalue weighted by Crippen LogP contribution is 2.16. The molecule has 0 atom stereocenters. The maximum atomic E-state index is 5.38. The standard InChI is InChI=1S/C10H17NO2/c1-3-7-12-9-5-6-10(11-9)13-8-4-2/h5-6,11H,3-4,7-8H2,1-2H3. The monoisotopic (exact) mass is 183 g/mol. The van der Waals surface area contributed by atoms with Crippen LogP contribution in [-0.4, -0.2) is 18.2 Å². The highest BCUT2D eigenvalue weighted by Gasteiger charge is 1.98. The number of nitrogens with one attached hydrogen (secondary N) is 1. The van der Waals surface area contributed by atoms with E-state index in [9.17, 15) is 0 Å². The molecule has 1 N–H and O–H groups in total. The summed E-state index contributed by atoms with van der Waals surface area (Å²) in [5.41, 5.74) is 0. The van der Waals surface area contributed by atoms with E-state index < -0.39 is 0 Å². The molecule has 0 unspecified atom stereocenters. The highest BCUT2D eigenvalue weighted by molar-refractivity contribution is 5.22. The van der Waals surface area contributed by atoms with Crippen molar-refractivity contribution in [2.45, 2.75) is 26.7 Å². The highest BCUT2D eigenvalue weighted by atomic mass is 16.5. The van der Waals surface area contributed by atoms with Gasteiger partial charge < -0.3 is 9.47 Å². The fourth-order valence-electron chi connectivity index (χ4n) is 0.949. The van der Waals surface area contributed by atoms with E-state index in [0.29, 0.717) is 0 Å². The SMILES string of the molecule is CCCOc1ccc(OCCC)[nH]1. The maximum Gasteiger partial charge on any atom is 0.193 e. The average Bonchev–Trinajstić information content (AvgIpc) is 2.59. The van der Waals surface area contributed by atoms with Gasteiger partial charge in [0.05, 0.1) is 13.2 Å². The van der Waals surface area contributed by atoms with E-state index in [1.165, 1.54) is 0 Å². The number of hydrogen-bond donors (Lipinski definition) is 1. The van der Waals surface area contributed by atoms with Crippen LogP contribution >= 0.6 is 0 Å². The van der Waals surface area contributed by atoms with Gasteiger partial charge in [-0.15, -0.1) is 0 Å². The first kappa shape index (κ1) is 9.96. The molecule has 0 aliphatic rings. The fraction of sp³-hybridized carbons (Fsp3) is 0.600. The molecule has 74 valence electrons. The third kappa shape index (κ3) is 3.40. The first-order chi connectivity index (χ1) is 6.36. The lowest BCUT2D eigenvalue weighted by molar-refractivity contribution is 0.287. The second kappa shape index (κ2) is 5.51. The van der Waals surface area contributed by atoms with Gasteiger partial charge in [-0.3, -0.25) is 4.98 Å². The molecule has 1 rings (SSSR count). The van der Waals surface area contributed by atoms with E-state index in [-0.39, 0.29) is 0 Å². The van der Waals surface area contributed by atoms with Crippen LogP contribution in [0.2, 0.25) is 0 Å². The van der Waals surface area contributed by atoms with Gasteiger partial charge in [-0.25, -0.2) is 0 Å². The lowest BCUT2D eigenvalue weighted by Gasteiger charge is -2.01. The van der Waals surface area contributed by atoms with Crippen molar-refractivity contribution < 1.29 is 9.47 Å². The zero-order valence-electron chi connectivity index (χ0n) is 8.30. The number of H-pyrrole nitrogens is 1. The predicted octanol–water partition coefficient (Wildman–Crippen LogP) is 2.59. The Morgan fingerprint density at radius 1 is 1.00 bits per heavy atom. The fourth-order valence-corrected chi connectivity index (χ4v) is 0.949. The number of rotatable bonds is 6. The van der Waals surface area contributed by atoms with Crippen LogP contribution in [0.3, 0.4) is 0 Å². The normalized spacial score (nSPS) is 10.0. The van der Waals surface area contributed by atoms with Gasteiger partial charge in [0, 0.05) is 12.1 Å². The van der Waals surface area contributed by atoms with E-state index in [4.69, 9.17) is 9.47 Å². The molecule has 0 aliphatic carbocycles. The van der Waals surface area contributed by atoms with Crippen molar-refractivity contribution in [3.05, 3.63) is 12.1 Å². The van der Waals surface area contributed by atoms with Crippen LogP contribution < -0.4 is 9.47 Å². The summed E-state index contributed by atoms with van der Waals surface area (Å²) in [4.78, 5) is 3.04. The van der Waals surface area contributed by atoms with Crippen molar-refractivity contribution in [3.8, 4) is 11.8 Å². The molecular weight excluding hydrogens is 166 g/mol. The van der Waals surface area contributed by atoms with Gasteiger partial charge >= 0.3 is 0 Å². The van der Waals surface area contributed by atoms with E-state index >= 15 is 0 Å². The molecule has 1 heterocycles. The van der Waals surface area contributed by atoms with Crippen LogP contribution in [0.1, 0.15) is 26.7 Å². The second-order valence-electron chi connectivity index (χ2n) is 2.88. The van der Waals surface area contributed by atoms with Crippen molar-refractivity contribution in [1.82, 2.24) is 4.98 Å². The van der Waals surface area contributed by atoms with Crippen LogP contribution in [0.4, 0.5) is 0 Å². The Labute approximate surface area is 79.1 Å². The number of aromatic amines is 1. The van der Waals surface area contributed by atoms with Crippen molar-refractivity contribution in [1.29, 1.82) is 0 Å². The average molecular weight is 183 g/mol. The summed E-state index contributed by atoms with van der Waals surface area (Å²) in [5.74, 6) is 1.57. The van der Waals surface area contributed by atoms with Gasteiger partial charge in [0.15, 0.2) is 11.8 Å². The molecule has 1 aromatic heterocycles. The van der Waals surface area contributed by atoms with Gasteiger partial charge in [0.1, 0.15) is 0 Å². The molecule has 0 saturated carbocycles. The molecule has 1 aromatic rings. The van der Waals surface area contributed by atoms with Crippen LogP contribution in [0.5, 0.6) is 11.8 Å². The van der Waals surface area contributed by atoms with Crippen LogP contribution in [-0.2, 0) is 0 Å². The summed E-state index contributed by atoms with van der Waals surface area (Å²) in [6.45, 7) is 5.65. The van der Waals surface area contributed by atoms with E-state index in [2.05, 4.69) is 18.8 Å². The zero-order valence-corrected chi connectivity index (χ0v) is 8.30. The van der Waals surface area contributed by atoms with Crippen molar-refractivity contribution in [2.75, 3.05) is 13.2 Å². The Hall–Kier alpha value is -1.12. The van der Waals surface area contributed by atoms with Crippen molar-refractivity contribution >= 4 is 0 Å². The molecule has 3 heteroatoms. The third-order valence-corrected chi connectivity index (χ3v) is 1.56. The smallest absolute Gasteiger partial charge is 0.193 e. The van der Waals surface area contributed by atoms with Gasteiger partial charge in [-0.1, -0.05) is 13.8 Å². The molecule has 3 nitrogen and oxygen atoms in total. The Morgan fingerprint density at radius 3 is 1.85 bits per heavy atom. The minimum atomic E-state index is 0.744. The lowest BCUT2D eigenvalue weighted by atomic mass is 10.5. The molecule has 0 spiro atoms. The van der Waals surface area contributed by atoms with E-state index in [0.717, 1.165) is 37.8 Å². The third-order valence-electron chi connectivity index (χ3n) is 1.56. The summed E-state index contributed by atoms with van der Waals surface area (Å²) in [7, 11) is 0. The summed E-state index contributed by atoms with van der Waals surface area (Å²) in [6, 6.07) is 3.78. The van der Waals surface area contributed by atoms with E-state index in [1.54, 1.807) is 0 Å². The molecule has 0 amide bonds. The second-order valence-corrected chi connectivity index (χ2v) is 2.88. The molecule has 0 fully saturated rings. The topological polar surface area (TPSA) is 34.2 Å². The largest absolute Gasteiger partial charge is 0.479 e. The molecule has 0 aliphatic heterocycles. The van der Waals surface area contributed by atoms with Crippen molar-refractivity contribution in [3.63, 3.8) is 0 Å². The van der Waals surface area contributed by atoms with Crippen LogP contribution in [0, 0.1) is 0 Å². The number of ether oxygens (including phenoxy) is 2. The maximum absolute atomic E-state index is 5.38. The molecule has 0 radical (unpaired) electrons. The summed E-state index contributed by atoms with van der Waals surface area (Å²) in [6.07, 6.45) is 2.04. The van der Waals surface area contributed by atoms with Crippen LogP contribution in [0.15, 0.2) is 12.1 Å². The number of hydrogen-bond acceptors (Lipinski definition) is 2. The molecule has 13 heavy (non-hydrogen) atoms. The van der Waals surface area contributed by atoms with Crippen molar-refractivity contribution in [2.24, 2.45) is 0 Å². The molecule has 0 aromatic carbocycles. The molecule has 0 bridgehead atoms. The predicted molar refractivity (Wildman–Crippen MR) is 52.4 cm³/mol. The summed E-state index contributed by atoms with van der Waals surface area (Å²) < 4.78 is 10.8. The van der Waals surface area contributed by atoms with Gasteiger partial charge in [0.2, 0.25) is 0 Å².